The molecule has 0 amide bonds. The van der Waals surface area contributed by atoms with E-state index in [9.17, 15) is 0 Å². The smallest absolute Gasteiger partial charge is 0.128 e. The number of hydrogen-bond donors (Lipinski definition) is 0. The van der Waals surface area contributed by atoms with Gasteiger partial charge in [-0.3, -0.25) is 0 Å². The summed E-state index contributed by atoms with van der Waals surface area (Å²) >= 11 is 7.53. The van der Waals surface area contributed by atoms with Gasteiger partial charge >= 0.3 is 0 Å². The Morgan fingerprint density at radius 2 is 2.06 bits per heavy atom. The van der Waals surface area contributed by atoms with Gasteiger partial charge in [-0.15, -0.1) is 11.3 Å². The average molecular weight is 263 g/mol. The number of nitriles is 1. The van der Waals surface area contributed by atoms with E-state index in [4.69, 9.17) is 16.9 Å². The number of aromatic nitrogens is 1. The Morgan fingerprint density at radius 1 is 1.35 bits per heavy atom. The lowest BCUT2D eigenvalue weighted by atomic mass is 10.1. The number of benzene rings is 1. The highest BCUT2D eigenvalue weighted by atomic mass is 35.5. The van der Waals surface area contributed by atoms with Crippen molar-refractivity contribution in [3.63, 3.8) is 0 Å². The van der Waals surface area contributed by atoms with Crippen LogP contribution in [0.5, 0.6) is 0 Å². The molecular weight excluding hydrogens is 252 g/mol. The monoisotopic (exact) mass is 262 g/mol. The molecule has 0 saturated carbocycles. The van der Waals surface area contributed by atoms with Crippen LogP contribution >= 0.6 is 22.9 Å². The molecule has 1 heterocycles. The molecule has 4 heteroatoms. The molecule has 0 aliphatic carbocycles. The molecule has 0 aliphatic rings. The van der Waals surface area contributed by atoms with Gasteiger partial charge in [0.25, 0.3) is 0 Å². The highest BCUT2D eigenvalue weighted by Gasteiger charge is 2.16. The first-order valence-electron chi connectivity index (χ1n) is 5.29. The lowest BCUT2D eigenvalue weighted by molar-refractivity contribution is 0.831. The van der Waals surface area contributed by atoms with Crippen LogP contribution in [0.1, 0.15) is 30.3 Å². The Morgan fingerprint density at radius 3 is 2.59 bits per heavy atom. The van der Waals surface area contributed by atoms with Crippen LogP contribution in [0.25, 0.3) is 10.6 Å². The molecule has 1 aromatic carbocycles. The average Bonchev–Trinajstić information content (AvgIpc) is 2.73. The van der Waals surface area contributed by atoms with Crippen LogP contribution < -0.4 is 0 Å². The zero-order chi connectivity index (χ0) is 12.4. The number of rotatable bonds is 2. The van der Waals surface area contributed by atoms with Crippen molar-refractivity contribution in [3.8, 4) is 16.6 Å². The Labute approximate surface area is 110 Å². The van der Waals surface area contributed by atoms with Crippen molar-refractivity contribution in [3.05, 3.63) is 39.9 Å². The van der Waals surface area contributed by atoms with E-state index in [0.717, 1.165) is 16.3 Å². The van der Waals surface area contributed by atoms with E-state index < -0.39 is 0 Å². The Balaban J connectivity index is 2.56. The SMILES string of the molecule is CC(C)c1nc(-c2ccccc2Cl)sc1C#N. The molecule has 0 N–H and O–H groups in total. The Kier molecular flexibility index (Phi) is 3.46. The fourth-order valence-electron chi connectivity index (χ4n) is 1.55. The van der Waals surface area contributed by atoms with Crippen LogP contribution in [0.3, 0.4) is 0 Å². The normalized spacial score (nSPS) is 10.5. The van der Waals surface area contributed by atoms with Crippen LogP contribution in [-0.4, -0.2) is 4.98 Å². The molecule has 0 radical (unpaired) electrons. The van der Waals surface area contributed by atoms with Gasteiger partial charge in [-0.2, -0.15) is 5.26 Å². The molecule has 86 valence electrons. The summed E-state index contributed by atoms with van der Waals surface area (Å²) in [6.07, 6.45) is 0. The predicted octanol–water partition coefficient (Wildman–Crippen LogP) is 4.46. The Hall–Kier alpha value is -1.37. The molecule has 0 atom stereocenters. The van der Waals surface area contributed by atoms with E-state index in [0.29, 0.717) is 9.90 Å². The van der Waals surface area contributed by atoms with Gasteiger partial charge in [-0.25, -0.2) is 4.98 Å². The van der Waals surface area contributed by atoms with Gasteiger partial charge in [0.2, 0.25) is 0 Å². The minimum absolute atomic E-state index is 0.247. The van der Waals surface area contributed by atoms with Crippen LogP contribution in [0, 0.1) is 11.3 Å². The van der Waals surface area contributed by atoms with E-state index in [-0.39, 0.29) is 5.92 Å². The molecule has 0 spiro atoms. The standard InChI is InChI=1S/C13H11ClN2S/c1-8(2)12-11(7-15)17-13(16-12)9-5-3-4-6-10(9)14/h3-6,8H,1-2H3. The maximum atomic E-state index is 9.08. The van der Waals surface area contributed by atoms with Gasteiger partial charge in [-0.1, -0.05) is 43.6 Å². The molecule has 2 aromatic rings. The molecule has 2 rings (SSSR count). The van der Waals surface area contributed by atoms with Crippen molar-refractivity contribution in [2.24, 2.45) is 0 Å². The minimum Gasteiger partial charge on any atom is -0.239 e. The van der Waals surface area contributed by atoms with E-state index in [2.05, 4.69) is 11.1 Å². The second-order valence-electron chi connectivity index (χ2n) is 3.98. The minimum atomic E-state index is 0.247. The second-order valence-corrected chi connectivity index (χ2v) is 5.39. The zero-order valence-corrected chi connectivity index (χ0v) is 11.1. The topological polar surface area (TPSA) is 36.7 Å². The van der Waals surface area contributed by atoms with Gasteiger partial charge < -0.3 is 0 Å². The third-order valence-corrected chi connectivity index (χ3v) is 3.74. The molecule has 0 aliphatic heterocycles. The second kappa shape index (κ2) is 4.87. The predicted molar refractivity (Wildman–Crippen MR) is 71.4 cm³/mol. The van der Waals surface area contributed by atoms with Gasteiger partial charge in [0.05, 0.1) is 10.7 Å². The summed E-state index contributed by atoms with van der Waals surface area (Å²) in [5.41, 5.74) is 1.75. The van der Waals surface area contributed by atoms with Gasteiger partial charge in [-0.05, 0) is 12.0 Å². The van der Waals surface area contributed by atoms with Crippen molar-refractivity contribution in [1.82, 2.24) is 4.98 Å². The van der Waals surface area contributed by atoms with Crippen molar-refractivity contribution < 1.29 is 0 Å². The summed E-state index contributed by atoms with van der Waals surface area (Å²) in [6, 6.07) is 9.76. The highest BCUT2D eigenvalue weighted by Crippen LogP contribution is 2.34. The fourth-order valence-corrected chi connectivity index (χ4v) is 2.89. The van der Waals surface area contributed by atoms with Crippen molar-refractivity contribution >= 4 is 22.9 Å². The fraction of sp³-hybridized carbons (Fsp3) is 0.231. The summed E-state index contributed by atoms with van der Waals surface area (Å²) in [5.74, 6) is 0.247. The first kappa shape index (κ1) is 12.1. The lowest BCUT2D eigenvalue weighted by Gasteiger charge is -2.00. The van der Waals surface area contributed by atoms with Crippen molar-refractivity contribution in [2.75, 3.05) is 0 Å². The lowest BCUT2D eigenvalue weighted by Crippen LogP contribution is -1.90. The molecule has 1 aromatic heterocycles. The first-order valence-corrected chi connectivity index (χ1v) is 6.48. The highest BCUT2D eigenvalue weighted by molar-refractivity contribution is 7.15. The third-order valence-electron chi connectivity index (χ3n) is 2.41. The molecular formula is C13H11ClN2S. The third kappa shape index (κ3) is 2.33. The number of hydrogen-bond acceptors (Lipinski definition) is 3. The zero-order valence-electron chi connectivity index (χ0n) is 9.57. The number of halogens is 1. The summed E-state index contributed by atoms with van der Waals surface area (Å²) in [6.45, 7) is 4.07. The molecule has 0 bridgehead atoms. The molecule has 0 fully saturated rings. The van der Waals surface area contributed by atoms with Crippen LogP contribution in [-0.2, 0) is 0 Å². The van der Waals surface area contributed by atoms with E-state index in [1.165, 1.54) is 11.3 Å². The van der Waals surface area contributed by atoms with Crippen LogP contribution in [0.4, 0.5) is 0 Å². The molecule has 2 nitrogen and oxygen atoms in total. The van der Waals surface area contributed by atoms with E-state index >= 15 is 0 Å². The quantitative estimate of drug-likeness (QED) is 0.801. The van der Waals surface area contributed by atoms with Gasteiger partial charge in [0.1, 0.15) is 16.0 Å². The summed E-state index contributed by atoms with van der Waals surface area (Å²) in [4.78, 5) is 5.20. The van der Waals surface area contributed by atoms with Crippen molar-refractivity contribution in [2.45, 2.75) is 19.8 Å². The number of thiazole rings is 1. The molecule has 0 unspecified atom stereocenters. The number of nitrogens with zero attached hydrogens (tertiary/aromatic N) is 2. The molecule has 17 heavy (non-hydrogen) atoms. The van der Waals surface area contributed by atoms with Gasteiger partial charge in [0, 0.05) is 5.56 Å². The molecule has 0 saturated heterocycles. The van der Waals surface area contributed by atoms with Crippen LogP contribution in [0.2, 0.25) is 5.02 Å². The summed E-state index contributed by atoms with van der Waals surface area (Å²) < 4.78 is 0. The summed E-state index contributed by atoms with van der Waals surface area (Å²) in [7, 11) is 0. The maximum absolute atomic E-state index is 9.08. The van der Waals surface area contributed by atoms with E-state index in [1.807, 2.05) is 38.1 Å². The van der Waals surface area contributed by atoms with Gasteiger partial charge in [0.15, 0.2) is 0 Å². The van der Waals surface area contributed by atoms with Crippen molar-refractivity contribution in [1.29, 1.82) is 5.26 Å². The largest absolute Gasteiger partial charge is 0.239 e. The first-order chi connectivity index (χ1) is 8.13. The summed E-state index contributed by atoms with van der Waals surface area (Å²) in [5, 5.41) is 10.6. The maximum Gasteiger partial charge on any atom is 0.128 e. The Bertz CT molecular complexity index is 581. The van der Waals surface area contributed by atoms with Crippen LogP contribution in [0.15, 0.2) is 24.3 Å². The van der Waals surface area contributed by atoms with E-state index in [1.54, 1.807) is 0 Å².